The summed E-state index contributed by atoms with van der Waals surface area (Å²) in [6, 6.07) is 0. The highest BCUT2D eigenvalue weighted by atomic mass is 31.2. The van der Waals surface area contributed by atoms with Crippen LogP contribution in [-0.2, 0) is 18.1 Å². The third-order valence-electron chi connectivity index (χ3n) is 2.42. The van der Waals surface area contributed by atoms with Gasteiger partial charge in [0.15, 0.2) is 6.10 Å². The summed E-state index contributed by atoms with van der Waals surface area (Å²) in [5, 5.41) is 0. The molecule has 0 amide bonds. The van der Waals surface area contributed by atoms with E-state index < -0.39 is 63.7 Å². The van der Waals surface area contributed by atoms with Crippen molar-refractivity contribution in [2.24, 2.45) is 0 Å². The summed E-state index contributed by atoms with van der Waals surface area (Å²) in [6.45, 7) is -3.02. The van der Waals surface area contributed by atoms with Crippen LogP contribution in [-0.4, -0.2) is 55.9 Å². The normalized spacial score (nSPS) is 16.5. The fourth-order valence-corrected chi connectivity index (χ4v) is 2.91. The zero-order valence-electron chi connectivity index (χ0n) is 13.1. The van der Waals surface area contributed by atoms with Gasteiger partial charge in [0.05, 0.1) is 0 Å². The maximum absolute atomic E-state index is 12.4. The number of alkyl halides is 16. The van der Waals surface area contributed by atoms with E-state index in [1.807, 2.05) is 0 Å². The Hall–Kier alpha value is -1.01. The zero-order valence-corrected chi connectivity index (χ0v) is 14.0. The average Bonchev–Trinajstić information content (AvgIpc) is 2.42. The predicted molar refractivity (Wildman–Crippen MR) is 58.5 cm³/mol. The molecule has 0 bridgehead atoms. The van der Waals surface area contributed by atoms with E-state index in [1.54, 1.807) is 0 Å². The maximum Gasteiger partial charge on any atom is 0.477 e. The molecule has 0 aromatic heterocycles. The smallest absolute Gasteiger partial charge is 0.271 e. The van der Waals surface area contributed by atoms with Crippen LogP contribution in [0.1, 0.15) is 0 Å². The highest BCUT2D eigenvalue weighted by Crippen LogP contribution is 2.60. The predicted octanol–water partition coefficient (Wildman–Crippen LogP) is 6.03. The highest BCUT2D eigenvalue weighted by Gasteiger charge is 2.66. The van der Waals surface area contributed by atoms with Crippen molar-refractivity contribution in [1.29, 1.82) is 0 Å². The van der Waals surface area contributed by atoms with Gasteiger partial charge in [-0.15, -0.1) is 0 Å². The number of phosphoric ester groups is 1. The van der Waals surface area contributed by atoms with Gasteiger partial charge < -0.3 is 0 Å². The van der Waals surface area contributed by atoms with E-state index in [9.17, 15) is 74.8 Å². The molecule has 0 aliphatic rings. The van der Waals surface area contributed by atoms with Crippen LogP contribution < -0.4 is 0 Å². The Labute approximate surface area is 153 Å². The van der Waals surface area contributed by atoms with Crippen LogP contribution in [0.2, 0.25) is 0 Å². The van der Waals surface area contributed by atoms with E-state index in [4.69, 9.17) is 0 Å². The maximum atomic E-state index is 12.4. The first-order valence-electron chi connectivity index (χ1n) is 6.39. The Kier molecular flexibility index (Phi) is 8.56. The third-order valence-corrected chi connectivity index (χ3v) is 3.87. The molecule has 182 valence electrons. The summed E-state index contributed by atoms with van der Waals surface area (Å²) < 4.78 is 218. The average molecular weight is 512 g/mol. The molecule has 0 N–H and O–H groups in total. The summed E-state index contributed by atoms with van der Waals surface area (Å²) in [4.78, 5) is 0. The number of halogens is 16. The minimum absolute atomic E-state index is 2.51. The van der Waals surface area contributed by atoms with E-state index in [1.165, 1.54) is 0 Å². The van der Waals surface area contributed by atoms with E-state index in [-0.39, 0.29) is 0 Å². The van der Waals surface area contributed by atoms with E-state index in [0.717, 1.165) is 0 Å². The van der Waals surface area contributed by atoms with Crippen molar-refractivity contribution in [1.82, 2.24) is 0 Å². The lowest BCUT2D eigenvalue weighted by Gasteiger charge is -2.32. The van der Waals surface area contributed by atoms with Crippen LogP contribution >= 0.6 is 7.82 Å². The lowest BCUT2D eigenvalue weighted by molar-refractivity contribution is -0.320. The molecule has 0 spiro atoms. The van der Waals surface area contributed by atoms with E-state index >= 15 is 0 Å². The van der Waals surface area contributed by atoms with Crippen molar-refractivity contribution in [3.63, 3.8) is 0 Å². The lowest BCUT2D eigenvalue weighted by Crippen LogP contribution is -2.47. The molecular weight excluding hydrogens is 507 g/mol. The number of rotatable bonds is 7. The van der Waals surface area contributed by atoms with Crippen LogP contribution in [0.15, 0.2) is 0 Å². The first-order chi connectivity index (χ1) is 12.8. The standard InChI is InChI=1S/C9H5F16O4P/c10-1-2(5(11,12)13)27-30(26,28-3(6(14,15)16)7(17,18)19)29-4(8(20,21)22)9(23,24)25/h2-4H,1H2. The summed E-state index contributed by atoms with van der Waals surface area (Å²) in [5.74, 6) is 0. The Morgan fingerprint density at radius 1 is 0.533 bits per heavy atom. The van der Waals surface area contributed by atoms with Crippen molar-refractivity contribution in [2.75, 3.05) is 6.67 Å². The van der Waals surface area contributed by atoms with Gasteiger partial charge in [-0.2, -0.15) is 65.9 Å². The first kappa shape index (κ1) is 29.0. The van der Waals surface area contributed by atoms with Crippen LogP contribution in [0.25, 0.3) is 0 Å². The van der Waals surface area contributed by atoms with Crippen molar-refractivity contribution in [3.8, 4) is 0 Å². The van der Waals surface area contributed by atoms with Crippen molar-refractivity contribution in [3.05, 3.63) is 0 Å². The Morgan fingerprint density at radius 2 is 0.800 bits per heavy atom. The van der Waals surface area contributed by atoms with Gasteiger partial charge in [0, 0.05) is 0 Å². The van der Waals surface area contributed by atoms with Crippen LogP contribution in [0, 0.1) is 0 Å². The van der Waals surface area contributed by atoms with Gasteiger partial charge in [0.25, 0.3) is 12.2 Å². The molecule has 1 unspecified atom stereocenters. The zero-order chi connectivity index (χ0) is 24.6. The highest BCUT2D eigenvalue weighted by molar-refractivity contribution is 7.48. The molecule has 30 heavy (non-hydrogen) atoms. The summed E-state index contributed by atoms with van der Waals surface area (Å²) in [7, 11) is -7.73. The molecule has 0 aromatic rings. The molecule has 0 aliphatic heterocycles. The molecule has 4 nitrogen and oxygen atoms in total. The first-order valence-corrected chi connectivity index (χ1v) is 7.85. The monoisotopic (exact) mass is 512 g/mol. The van der Waals surface area contributed by atoms with Gasteiger partial charge in [-0.1, -0.05) is 0 Å². The molecule has 0 radical (unpaired) electrons. The topological polar surface area (TPSA) is 44.8 Å². The molecule has 0 saturated carbocycles. The van der Waals surface area contributed by atoms with Crippen molar-refractivity contribution < 1.29 is 88.4 Å². The molecule has 21 heteroatoms. The fraction of sp³-hybridized carbons (Fsp3) is 1.00. The van der Waals surface area contributed by atoms with Crippen LogP contribution in [0.3, 0.4) is 0 Å². The Bertz CT molecular complexity index is 534. The van der Waals surface area contributed by atoms with Crippen molar-refractivity contribution in [2.45, 2.75) is 49.2 Å². The minimum atomic E-state index is -7.73. The largest absolute Gasteiger partial charge is 0.477 e. The number of hydrogen-bond donors (Lipinski definition) is 0. The SMILES string of the molecule is O=P(OC(CF)C(F)(F)F)(OC(C(F)(F)F)C(F)(F)F)OC(C(F)(F)F)C(F)(F)F. The van der Waals surface area contributed by atoms with Gasteiger partial charge in [-0.3, -0.25) is 13.6 Å². The molecule has 0 aromatic carbocycles. The fourth-order valence-electron chi connectivity index (χ4n) is 1.27. The second-order valence-corrected chi connectivity index (χ2v) is 6.40. The summed E-state index contributed by atoms with van der Waals surface area (Å²) in [6.07, 6.45) is -48.8. The van der Waals surface area contributed by atoms with Gasteiger partial charge in [-0.25, -0.2) is 8.96 Å². The molecular formula is C9H5F16O4P. The second kappa shape index (κ2) is 8.85. The van der Waals surface area contributed by atoms with Gasteiger partial charge in [0.1, 0.15) is 6.67 Å². The van der Waals surface area contributed by atoms with E-state index in [2.05, 4.69) is 13.6 Å². The van der Waals surface area contributed by atoms with Crippen LogP contribution in [0.5, 0.6) is 0 Å². The lowest BCUT2D eigenvalue weighted by atomic mass is 10.3. The Morgan fingerprint density at radius 3 is 0.967 bits per heavy atom. The van der Waals surface area contributed by atoms with E-state index in [0.29, 0.717) is 0 Å². The molecule has 0 fully saturated rings. The number of phosphoric acid groups is 1. The molecule has 0 saturated heterocycles. The number of hydrogen-bond acceptors (Lipinski definition) is 4. The van der Waals surface area contributed by atoms with Gasteiger partial charge >= 0.3 is 38.7 Å². The quantitative estimate of drug-likeness (QED) is 0.309. The van der Waals surface area contributed by atoms with Crippen molar-refractivity contribution >= 4 is 7.82 Å². The van der Waals surface area contributed by atoms with Crippen LogP contribution in [0.4, 0.5) is 70.2 Å². The minimum Gasteiger partial charge on any atom is -0.271 e. The molecule has 1 atom stereocenters. The molecule has 0 aliphatic carbocycles. The summed E-state index contributed by atoms with van der Waals surface area (Å²) in [5.41, 5.74) is 0. The Balaban J connectivity index is 6.43. The summed E-state index contributed by atoms with van der Waals surface area (Å²) >= 11 is 0. The third kappa shape index (κ3) is 8.62. The molecule has 0 rings (SSSR count). The second-order valence-electron chi connectivity index (χ2n) is 4.87. The van der Waals surface area contributed by atoms with Gasteiger partial charge in [0.2, 0.25) is 0 Å². The molecule has 0 heterocycles. The van der Waals surface area contributed by atoms with Gasteiger partial charge in [-0.05, 0) is 0 Å².